The maximum Gasteiger partial charge on any atom is 0.299 e. The smallest absolute Gasteiger partial charge is 0.299 e. The van der Waals surface area contributed by atoms with Crippen LogP contribution in [0.3, 0.4) is 0 Å². The summed E-state index contributed by atoms with van der Waals surface area (Å²) in [6.45, 7) is 4.78. The Balaban J connectivity index is 1.18. The van der Waals surface area contributed by atoms with Crippen LogP contribution >= 0.6 is 0 Å². The number of anilines is 1. The molecule has 7 rings (SSSR count). The van der Waals surface area contributed by atoms with Crippen LogP contribution in [0.4, 0.5) is 5.82 Å². The molecule has 1 amide bonds. The maximum absolute atomic E-state index is 12.9. The lowest BCUT2D eigenvalue weighted by molar-refractivity contribution is -0.139. The van der Waals surface area contributed by atoms with Crippen molar-refractivity contribution in [1.82, 2.24) is 24.5 Å². The highest BCUT2D eigenvalue weighted by atomic mass is 16.5. The Morgan fingerprint density at radius 1 is 1.14 bits per heavy atom. The Morgan fingerprint density at radius 2 is 1.95 bits per heavy atom. The van der Waals surface area contributed by atoms with Gasteiger partial charge in [0, 0.05) is 48.1 Å². The van der Waals surface area contributed by atoms with Crippen molar-refractivity contribution in [2.24, 2.45) is 0 Å². The number of aliphatic hydroxyl groups is 1. The van der Waals surface area contributed by atoms with Crippen molar-refractivity contribution in [3.05, 3.63) is 66.4 Å². The molecule has 3 saturated heterocycles. The summed E-state index contributed by atoms with van der Waals surface area (Å²) in [5.41, 5.74) is 2.27. The molecule has 0 radical (unpaired) electrons. The van der Waals surface area contributed by atoms with Gasteiger partial charge >= 0.3 is 0 Å². The standard InChI is InChI=1S/C31H29N7O4/c1-31(2,40)19-42-26-10-27(30-22(11-32)14-35-37(30)18-26)21-5-6-28(34-13-21)36-16-23-9-24(17-36)38(23)29(39)7-4-20-8-25(41-3)15-33-12-20/h5-6,8,10,12-15,18,23-24,40H,9,16-17,19H2,1-3H3. The molecular weight excluding hydrogens is 534 g/mol. The summed E-state index contributed by atoms with van der Waals surface area (Å²) in [6.07, 6.45) is 9.12. The molecule has 0 spiro atoms. The van der Waals surface area contributed by atoms with Crippen LogP contribution < -0.4 is 14.4 Å². The van der Waals surface area contributed by atoms with E-state index in [9.17, 15) is 15.2 Å². The number of pyridine rings is 3. The number of hydrogen-bond acceptors (Lipinski definition) is 9. The summed E-state index contributed by atoms with van der Waals surface area (Å²) in [4.78, 5) is 25.8. The van der Waals surface area contributed by atoms with Gasteiger partial charge < -0.3 is 24.4 Å². The second-order valence-electron chi connectivity index (χ2n) is 11.1. The highest BCUT2D eigenvalue weighted by Gasteiger charge is 2.47. The number of methoxy groups -OCH3 is 1. The number of nitriles is 1. The Kier molecular flexibility index (Phi) is 6.89. The molecule has 3 aliphatic rings. The number of ether oxygens (including phenoxy) is 2. The van der Waals surface area contributed by atoms with Gasteiger partial charge in [0.1, 0.15) is 30.0 Å². The van der Waals surface area contributed by atoms with Crippen molar-refractivity contribution in [3.63, 3.8) is 0 Å². The van der Waals surface area contributed by atoms with Crippen LogP contribution in [0.2, 0.25) is 0 Å². The lowest BCUT2D eigenvalue weighted by Gasteiger charge is -2.55. The van der Waals surface area contributed by atoms with Gasteiger partial charge in [0.25, 0.3) is 5.91 Å². The van der Waals surface area contributed by atoms with Crippen molar-refractivity contribution in [2.45, 2.75) is 38.0 Å². The van der Waals surface area contributed by atoms with Crippen LogP contribution in [0.15, 0.2) is 55.2 Å². The summed E-state index contributed by atoms with van der Waals surface area (Å²) in [5.74, 6) is 7.40. The lowest BCUT2D eigenvalue weighted by Crippen LogP contribution is -2.70. The van der Waals surface area contributed by atoms with Gasteiger partial charge in [-0.25, -0.2) is 9.50 Å². The molecule has 0 aliphatic carbocycles. The number of aromatic nitrogens is 4. The molecule has 212 valence electrons. The number of piperidine rings is 1. The second-order valence-corrected chi connectivity index (χ2v) is 11.1. The minimum Gasteiger partial charge on any atom is -0.495 e. The van der Waals surface area contributed by atoms with Gasteiger partial charge in [-0.15, -0.1) is 0 Å². The number of fused-ring (bicyclic) bond motifs is 3. The van der Waals surface area contributed by atoms with Gasteiger partial charge in [-0.05, 0) is 44.5 Å². The first kappa shape index (κ1) is 27.1. The number of piperazine rings is 1. The summed E-state index contributed by atoms with van der Waals surface area (Å²) in [7, 11) is 1.56. The Bertz CT molecular complexity index is 1750. The summed E-state index contributed by atoms with van der Waals surface area (Å²) in [6, 6.07) is 9.85. The number of carbonyl (C=O) groups is 1. The number of nitrogens with zero attached hydrogens (tertiary/aromatic N) is 7. The van der Waals surface area contributed by atoms with E-state index in [2.05, 4.69) is 32.9 Å². The molecule has 0 aromatic carbocycles. The average Bonchev–Trinajstić information content (AvgIpc) is 3.41. The quantitative estimate of drug-likeness (QED) is 0.352. The zero-order valence-electron chi connectivity index (χ0n) is 23.5. The monoisotopic (exact) mass is 563 g/mol. The molecule has 7 heterocycles. The van der Waals surface area contributed by atoms with Crippen LogP contribution in [0.25, 0.3) is 16.6 Å². The van der Waals surface area contributed by atoms with Crippen molar-refractivity contribution in [1.29, 1.82) is 5.26 Å². The van der Waals surface area contributed by atoms with Gasteiger partial charge in [-0.1, -0.05) is 5.92 Å². The summed E-state index contributed by atoms with van der Waals surface area (Å²) < 4.78 is 12.6. The highest BCUT2D eigenvalue weighted by molar-refractivity contribution is 5.95. The minimum absolute atomic E-state index is 0.0738. The normalized spacial score (nSPS) is 17.6. The van der Waals surface area contributed by atoms with Gasteiger partial charge in [-0.3, -0.25) is 9.78 Å². The number of carbonyl (C=O) groups excluding carboxylic acids is 1. The van der Waals surface area contributed by atoms with Crippen LogP contribution in [0, 0.1) is 23.2 Å². The lowest BCUT2D eigenvalue weighted by atomic mass is 9.87. The zero-order valence-corrected chi connectivity index (χ0v) is 23.5. The van der Waals surface area contributed by atoms with E-state index in [1.807, 2.05) is 23.1 Å². The fourth-order valence-electron chi connectivity index (χ4n) is 5.39. The molecule has 11 heteroatoms. The van der Waals surface area contributed by atoms with Gasteiger partial charge in [0.15, 0.2) is 0 Å². The molecule has 42 heavy (non-hydrogen) atoms. The van der Waals surface area contributed by atoms with Crippen LogP contribution in [-0.4, -0.2) is 80.0 Å². The van der Waals surface area contributed by atoms with Crippen molar-refractivity contribution < 1.29 is 19.4 Å². The third kappa shape index (κ3) is 5.30. The molecule has 4 aromatic heterocycles. The second kappa shape index (κ2) is 10.7. The first-order chi connectivity index (χ1) is 20.2. The first-order valence-electron chi connectivity index (χ1n) is 13.5. The number of hydrogen-bond donors (Lipinski definition) is 1. The molecule has 0 saturated carbocycles. The van der Waals surface area contributed by atoms with Gasteiger partial charge in [0.05, 0.1) is 54.5 Å². The van der Waals surface area contributed by atoms with Crippen molar-refractivity contribution in [2.75, 3.05) is 31.7 Å². The Morgan fingerprint density at radius 3 is 2.64 bits per heavy atom. The predicted molar refractivity (Wildman–Crippen MR) is 154 cm³/mol. The van der Waals surface area contributed by atoms with Crippen molar-refractivity contribution >= 4 is 17.2 Å². The zero-order chi connectivity index (χ0) is 29.4. The van der Waals surface area contributed by atoms with Gasteiger partial charge in [-0.2, -0.15) is 10.4 Å². The minimum atomic E-state index is -1.00. The SMILES string of the molecule is COc1cncc(C#CC(=O)N2C3CC2CN(c2ccc(-c4cc(OCC(C)(C)O)cn5ncc(C#N)c45)cn2)C3)c1. The molecular formula is C31H29N7O4. The Labute approximate surface area is 242 Å². The molecule has 3 fully saturated rings. The highest BCUT2D eigenvalue weighted by Crippen LogP contribution is 2.35. The van der Waals surface area contributed by atoms with E-state index in [0.717, 1.165) is 23.4 Å². The number of amides is 1. The molecule has 2 bridgehead atoms. The van der Waals surface area contributed by atoms with Crippen LogP contribution in [0.5, 0.6) is 11.5 Å². The Hall–Kier alpha value is -5.13. The van der Waals surface area contributed by atoms with Crippen LogP contribution in [0.1, 0.15) is 31.4 Å². The fraction of sp³-hybridized carbons (Fsp3) is 0.323. The third-order valence-corrected chi connectivity index (χ3v) is 7.37. The summed E-state index contributed by atoms with van der Waals surface area (Å²) >= 11 is 0. The molecule has 11 nitrogen and oxygen atoms in total. The molecule has 3 aliphatic heterocycles. The third-order valence-electron chi connectivity index (χ3n) is 7.37. The van der Waals surface area contributed by atoms with E-state index in [-0.39, 0.29) is 24.6 Å². The van der Waals surface area contributed by atoms with E-state index in [1.165, 1.54) is 6.20 Å². The topological polar surface area (TPSA) is 129 Å². The van der Waals surface area contributed by atoms with Gasteiger partial charge in [0.2, 0.25) is 0 Å². The molecule has 1 N–H and O–H groups in total. The van der Waals surface area contributed by atoms with E-state index >= 15 is 0 Å². The van der Waals surface area contributed by atoms with E-state index < -0.39 is 5.60 Å². The van der Waals surface area contributed by atoms with Crippen LogP contribution in [-0.2, 0) is 4.79 Å². The molecule has 2 unspecified atom stereocenters. The van der Waals surface area contributed by atoms with E-state index in [0.29, 0.717) is 41.2 Å². The summed E-state index contributed by atoms with van der Waals surface area (Å²) in [5, 5.41) is 24.1. The predicted octanol–water partition coefficient (Wildman–Crippen LogP) is 2.66. The average molecular weight is 564 g/mol. The fourth-order valence-corrected chi connectivity index (χ4v) is 5.39. The largest absolute Gasteiger partial charge is 0.495 e. The van der Waals surface area contributed by atoms with E-state index in [4.69, 9.17) is 14.5 Å². The van der Waals surface area contributed by atoms with E-state index in [1.54, 1.807) is 56.3 Å². The number of rotatable bonds is 6. The molecule has 2 atom stereocenters. The molecule has 4 aromatic rings. The van der Waals surface area contributed by atoms with Crippen molar-refractivity contribution in [3.8, 4) is 40.5 Å². The first-order valence-corrected chi connectivity index (χ1v) is 13.5. The maximum atomic E-state index is 12.9.